The molecule has 9 heteroatoms. The average Bonchev–Trinajstić information content (AvgIpc) is 3.35. The van der Waals surface area contributed by atoms with Crippen LogP contribution in [0.5, 0.6) is 0 Å². The third-order valence-corrected chi connectivity index (χ3v) is 7.18. The first-order valence-corrected chi connectivity index (χ1v) is 13.7. The van der Waals surface area contributed by atoms with Gasteiger partial charge in [-0.3, -0.25) is 4.90 Å². The number of carbonyl (C=O) groups excluding carboxylic acids is 2. The Morgan fingerprint density at radius 2 is 1.48 bits per heavy atom. The first kappa shape index (κ1) is 27.2. The van der Waals surface area contributed by atoms with E-state index < -0.39 is 0 Å². The number of anilines is 2. The Morgan fingerprint density at radius 1 is 0.825 bits per heavy atom. The summed E-state index contributed by atoms with van der Waals surface area (Å²) in [6.45, 7) is 9.32. The van der Waals surface area contributed by atoms with Crippen LogP contribution >= 0.6 is 0 Å². The Morgan fingerprint density at radius 3 is 2.12 bits per heavy atom. The van der Waals surface area contributed by atoms with Crippen LogP contribution in [-0.4, -0.2) is 72.3 Å². The van der Waals surface area contributed by atoms with Gasteiger partial charge < -0.3 is 24.7 Å². The standard InChI is InChI=1S/C31H35N5O4/c1-3-39-30(37)23-10-12-27(25(32)20-23)35-17-14-34(15-18-35)16-19-36-28-13-11-24(31(38)40-4-2)21-26(28)33-29(36)22-8-6-5-7-9-22/h5-13,20-21H,3-4,14-19,32H2,1-2H3. The molecule has 0 atom stereocenters. The zero-order valence-corrected chi connectivity index (χ0v) is 23.0. The summed E-state index contributed by atoms with van der Waals surface area (Å²) in [6.07, 6.45) is 0. The lowest BCUT2D eigenvalue weighted by Gasteiger charge is -2.36. The molecule has 40 heavy (non-hydrogen) atoms. The molecule has 1 aromatic heterocycles. The molecule has 0 saturated carbocycles. The maximum absolute atomic E-state index is 12.3. The average molecular weight is 542 g/mol. The van der Waals surface area contributed by atoms with Gasteiger partial charge in [0.15, 0.2) is 0 Å². The fourth-order valence-corrected chi connectivity index (χ4v) is 5.14. The summed E-state index contributed by atoms with van der Waals surface area (Å²) in [5.74, 6) is 0.184. The van der Waals surface area contributed by atoms with Crippen molar-refractivity contribution in [2.75, 3.05) is 56.6 Å². The molecule has 2 heterocycles. The lowest BCUT2D eigenvalue weighted by Crippen LogP contribution is -2.47. The van der Waals surface area contributed by atoms with Crippen molar-refractivity contribution in [1.29, 1.82) is 0 Å². The molecule has 1 fully saturated rings. The zero-order chi connectivity index (χ0) is 28.1. The van der Waals surface area contributed by atoms with Gasteiger partial charge in [-0.1, -0.05) is 30.3 Å². The van der Waals surface area contributed by atoms with Crippen LogP contribution in [-0.2, 0) is 16.0 Å². The highest BCUT2D eigenvalue weighted by Gasteiger charge is 2.21. The van der Waals surface area contributed by atoms with E-state index in [0.29, 0.717) is 30.0 Å². The van der Waals surface area contributed by atoms with Gasteiger partial charge in [0, 0.05) is 44.8 Å². The fraction of sp³-hybridized carbons (Fsp3) is 0.323. The van der Waals surface area contributed by atoms with Gasteiger partial charge in [0.1, 0.15) is 5.82 Å². The molecule has 0 aliphatic carbocycles. The molecule has 1 saturated heterocycles. The zero-order valence-electron chi connectivity index (χ0n) is 23.0. The number of aromatic nitrogens is 2. The van der Waals surface area contributed by atoms with E-state index in [0.717, 1.165) is 67.4 Å². The van der Waals surface area contributed by atoms with Gasteiger partial charge in [0.25, 0.3) is 0 Å². The minimum atomic E-state index is -0.357. The molecule has 9 nitrogen and oxygen atoms in total. The van der Waals surface area contributed by atoms with E-state index in [2.05, 4.69) is 26.5 Å². The van der Waals surface area contributed by atoms with Gasteiger partial charge in [0.2, 0.25) is 0 Å². The molecule has 0 amide bonds. The number of ether oxygens (including phenoxy) is 2. The predicted octanol–water partition coefficient (Wildman–Crippen LogP) is 4.46. The quantitative estimate of drug-likeness (QED) is 0.245. The van der Waals surface area contributed by atoms with E-state index in [1.165, 1.54) is 0 Å². The minimum Gasteiger partial charge on any atom is -0.462 e. The van der Waals surface area contributed by atoms with Crippen LogP contribution in [0.2, 0.25) is 0 Å². The molecule has 5 rings (SSSR count). The molecule has 0 bridgehead atoms. The molecule has 0 unspecified atom stereocenters. The van der Waals surface area contributed by atoms with Crippen LogP contribution in [0.4, 0.5) is 11.4 Å². The monoisotopic (exact) mass is 541 g/mol. The third kappa shape index (κ3) is 5.79. The summed E-state index contributed by atoms with van der Waals surface area (Å²) in [5.41, 5.74) is 11.6. The van der Waals surface area contributed by atoms with Crippen molar-refractivity contribution in [3.8, 4) is 11.4 Å². The lowest BCUT2D eigenvalue weighted by molar-refractivity contribution is 0.0517. The molecule has 4 aromatic rings. The van der Waals surface area contributed by atoms with Crippen molar-refractivity contribution in [2.45, 2.75) is 20.4 Å². The van der Waals surface area contributed by atoms with Crippen molar-refractivity contribution >= 4 is 34.3 Å². The summed E-state index contributed by atoms with van der Waals surface area (Å²) >= 11 is 0. The Labute approximate surface area is 234 Å². The Bertz CT molecular complexity index is 1490. The molecule has 0 spiro atoms. The largest absolute Gasteiger partial charge is 0.462 e. The summed E-state index contributed by atoms with van der Waals surface area (Å²) in [4.78, 5) is 34.0. The van der Waals surface area contributed by atoms with E-state index in [1.807, 2.05) is 42.5 Å². The van der Waals surface area contributed by atoms with Crippen LogP contribution in [0, 0.1) is 0 Å². The second-order valence-corrected chi connectivity index (χ2v) is 9.70. The van der Waals surface area contributed by atoms with Crippen LogP contribution in [0.15, 0.2) is 66.7 Å². The van der Waals surface area contributed by atoms with Crippen molar-refractivity contribution in [3.63, 3.8) is 0 Å². The Balaban J connectivity index is 1.29. The van der Waals surface area contributed by atoms with Crippen molar-refractivity contribution in [2.24, 2.45) is 0 Å². The first-order chi connectivity index (χ1) is 19.5. The van der Waals surface area contributed by atoms with Gasteiger partial charge in [-0.15, -0.1) is 0 Å². The molecular weight excluding hydrogens is 506 g/mol. The van der Waals surface area contributed by atoms with Crippen molar-refractivity contribution < 1.29 is 19.1 Å². The van der Waals surface area contributed by atoms with Gasteiger partial charge >= 0.3 is 11.9 Å². The van der Waals surface area contributed by atoms with Crippen molar-refractivity contribution in [1.82, 2.24) is 14.5 Å². The maximum Gasteiger partial charge on any atom is 0.338 e. The molecule has 1 aliphatic heterocycles. The number of rotatable bonds is 9. The van der Waals surface area contributed by atoms with E-state index in [1.54, 1.807) is 26.0 Å². The number of nitrogens with two attached hydrogens (primary N) is 1. The fourth-order valence-electron chi connectivity index (χ4n) is 5.14. The number of esters is 2. The highest BCUT2D eigenvalue weighted by atomic mass is 16.5. The normalized spacial score (nSPS) is 13.9. The van der Waals surface area contributed by atoms with Gasteiger partial charge in [0.05, 0.1) is 46.7 Å². The number of fused-ring (bicyclic) bond motifs is 1. The van der Waals surface area contributed by atoms with E-state index in [4.69, 9.17) is 20.2 Å². The predicted molar refractivity (Wildman–Crippen MR) is 157 cm³/mol. The summed E-state index contributed by atoms with van der Waals surface area (Å²) in [5, 5.41) is 0. The SMILES string of the molecule is CCOC(=O)c1ccc(N2CCN(CCn3c(-c4ccccc4)nc4cc(C(=O)OCC)ccc43)CC2)c(N)c1. The minimum absolute atomic E-state index is 0.332. The second kappa shape index (κ2) is 12.2. The second-order valence-electron chi connectivity index (χ2n) is 9.70. The lowest BCUT2D eigenvalue weighted by atomic mass is 10.1. The van der Waals surface area contributed by atoms with Gasteiger partial charge in [-0.2, -0.15) is 0 Å². The van der Waals surface area contributed by atoms with E-state index in [-0.39, 0.29) is 11.9 Å². The van der Waals surface area contributed by atoms with Gasteiger partial charge in [-0.25, -0.2) is 14.6 Å². The molecular formula is C31H35N5O4. The number of hydrogen-bond acceptors (Lipinski definition) is 8. The maximum atomic E-state index is 12.3. The van der Waals surface area contributed by atoms with Crippen LogP contribution in [0.1, 0.15) is 34.6 Å². The highest BCUT2D eigenvalue weighted by molar-refractivity contribution is 5.94. The number of nitrogens with zero attached hydrogens (tertiary/aromatic N) is 4. The van der Waals surface area contributed by atoms with Crippen molar-refractivity contribution in [3.05, 3.63) is 77.9 Å². The van der Waals surface area contributed by atoms with Crippen LogP contribution in [0.3, 0.4) is 0 Å². The Hall–Kier alpha value is -4.37. The Kier molecular flexibility index (Phi) is 8.31. The summed E-state index contributed by atoms with van der Waals surface area (Å²) in [6, 6.07) is 21.1. The summed E-state index contributed by atoms with van der Waals surface area (Å²) in [7, 11) is 0. The number of nitrogen functional groups attached to an aromatic ring is 1. The smallest absolute Gasteiger partial charge is 0.338 e. The summed E-state index contributed by atoms with van der Waals surface area (Å²) < 4.78 is 12.5. The molecule has 1 aliphatic rings. The van der Waals surface area contributed by atoms with Crippen LogP contribution in [0.25, 0.3) is 22.4 Å². The number of benzene rings is 3. The number of imidazole rings is 1. The molecule has 208 valence electrons. The number of hydrogen-bond donors (Lipinski definition) is 1. The number of piperazine rings is 1. The number of carbonyl (C=O) groups is 2. The molecule has 3 aromatic carbocycles. The first-order valence-electron chi connectivity index (χ1n) is 13.7. The molecule has 0 radical (unpaired) electrons. The van der Waals surface area contributed by atoms with E-state index in [9.17, 15) is 9.59 Å². The topological polar surface area (TPSA) is 103 Å². The third-order valence-electron chi connectivity index (χ3n) is 7.18. The molecule has 2 N–H and O–H groups in total. The van der Waals surface area contributed by atoms with Gasteiger partial charge in [-0.05, 0) is 50.2 Å². The highest BCUT2D eigenvalue weighted by Crippen LogP contribution is 2.28. The van der Waals surface area contributed by atoms with Crippen LogP contribution < -0.4 is 10.6 Å². The van der Waals surface area contributed by atoms with E-state index >= 15 is 0 Å².